The number of aromatic amines is 1. The van der Waals surface area contributed by atoms with E-state index in [4.69, 9.17) is 10.5 Å². The second-order valence-electron chi connectivity index (χ2n) is 7.13. The number of nitrogens with one attached hydrogen (secondary N) is 1. The van der Waals surface area contributed by atoms with Crippen LogP contribution in [0.4, 0.5) is 11.5 Å². The Kier molecular flexibility index (Phi) is 6.58. The van der Waals surface area contributed by atoms with E-state index in [0.717, 1.165) is 17.1 Å². The van der Waals surface area contributed by atoms with Gasteiger partial charge in [0, 0.05) is 38.6 Å². The van der Waals surface area contributed by atoms with Gasteiger partial charge in [0.25, 0.3) is 11.5 Å². The first-order chi connectivity index (χ1) is 14.8. The lowest BCUT2D eigenvalue weighted by Gasteiger charge is -2.20. The standard InChI is InChI=1S/C21H26N6O4/c1-4-5-11-27-18(22)17(19(28)24-21(27)30)26(3)20(29)14-6-8-15(9-7-14)31-13-16-23-10-12-25(16)2/h6-10,12H,4-5,11,13,22H2,1-3H3,(H,24,28,30). The second-order valence-corrected chi connectivity index (χ2v) is 7.13. The van der Waals surface area contributed by atoms with Crippen LogP contribution >= 0.6 is 0 Å². The molecule has 10 heteroatoms. The van der Waals surface area contributed by atoms with Crippen molar-refractivity contribution in [2.75, 3.05) is 17.7 Å². The third-order valence-corrected chi connectivity index (χ3v) is 4.98. The van der Waals surface area contributed by atoms with Gasteiger partial charge in [-0.1, -0.05) is 13.3 Å². The molecule has 0 aliphatic rings. The molecule has 0 aliphatic carbocycles. The zero-order valence-electron chi connectivity index (χ0n) is 17.8. The minimum atomic E-state index is -0.707. The largest absolute Gasteiger partial charge is 0.486 e. The first-order valence-corrected chi connectivity index (χ1v) is 9.93. The lowest BCUT2D eigenvalue weighted by atomic mass is 10.2. The number of imidazole rings is 1. The molecule has 0 aliphatic heterocycles. The molecular weight excluding hydrogens is 400 g/mol. The van der Waals surface area contributed by atoms with E-state index in [1.54, 1.807) is 30.5 Å². The predicted molar refractivity (Wildman–Crippen MR) is 117 cm³/mol. The quantitative estimate of drug-likeness (QED) is 0.562. The molecule has 164 valence electrons. The van der Waals surface area contributed by atoms with Crippen LogP contribution in [0.2, 0.25) is 0 Å². The Bertz CT molecular complexity index is 1180. The van der Waals surface area contributed by atoms with E-state index >= 15 is 0 Å². The summed E-state index contributed by atoms with van der Waals surface area (Å²) >= 11 is 0. The maximum Gasteiger partial charge on any atom is 0.330 e. The van der Waals surface area contributed by atoms with Crippen LogP contribution < -0.4 is 26.6 Å². The van der Waals surface area contributed by atoms with Gasteiger partial charge in [-0.2, -0.15) is 0 Å². The monoisotopic (exact) mass is 426 g/mol. The van der Waals surface area contributed by atoms with Crippen LogP contribution in [0.1, 0.15) is 35.9 Å². The average molecular weight is 426 g/mol. The Morgan fingerprint density at radius 1 is 1.26 bits per heavy atom. The molecule has 3 rings (SSSR count). The highest BCUT2D eigenvalue weighted by Crippen LogP contribution is 2.20. The lowest BCUT2D eigenvalue weighted by Crippen LogP contribution is -2.39. The minimum absolute atomic E-state index is 0.0342. The summed E-state index contributed by atoms with van der Waals surface area (Å²) in [6, 6.07) is 6.54. The summed E-state index contributed by atoms with van der Waals surface area (Å²) in [6.45, 7) is 2.63. The van der Waals surface area contributed by atoms with Gasteiger partial charge < -0.3 is 19.9 Å². The summed E-state index contributed by atoms with van der Waals surface area (Å²) in [5.74, 6) is 0.877. The topological polar surface area (TPSA) is 128 Å². The zero-order valence-corrected chi connectivity index (χ0v) is 17.8. The maximum absolute atomic E-state index is 12.9. The van der Waals surface area contributed by atoms with Crippen LogP contribution in [0, 0.1) is 0 Å². The van der Waals surface area contributed by atoms with Gasteiger partial charge in [0.1, 0.15) is 24.0 Å². The van der Waals surface area contributed by atoms with Crippen LogP contribution in [0.15, 0.2) is 46.2 Å². The molecular formula is C21H26N6O4. The van der Waals surface area contributed by atoms with Crippen molar-refractivity contribution in [3.8, 4) is 5.75 Å². The van der Waals surface area contributed by atoms with Crippen molar-refractivity contribution < 1.29 is 9.53 Å². The fourth-order valence-corrected chi connectivity index (χ4v) is 3.11. The van der Waals surface area contributed by atoms with Crippen molar-refractivity contribution in [1.82, 2.24) is 19.1 Å². The first kappa shape index (κ1) is 21.9. The number of aryl methyl sites for hydroxylation is 1. The molecule has 31 heavy (non-hydrogen) atoms. The second kappa shape index (κ2) is 9.33. The number of rotatable bonds is 8. The molecule has 3 aromatic rings. The molecule has 0 atom stereocenters. The van der Waals surface area contributed by atoms with Crippen LogP contribution in [0.5, 0.6) is 5.75 Å². The molecule has 10 nitrogen and oxygen atoms in total. The zero-order chi connectivity index (χ0) is 22.5. The number of hydrogen-bond acceptors (Lipinski definition) is 6. The smallest absolute Gasteiger partial charge is 0.330 e. The number of nitrogen functional groups attached to an aromatic ring is 1. The molecule has 0 unspecified atom stereocenters. The van der Waals surface area contributed by atoms with Gasteiger partial charge in [-0.3, -0.25) is 19.1 Å². The number of amides is 1. The number of hydrogen-bond donors (Lipinski definition) is 2. The Morgan fingerprint density at radius 2 is 1.97 bits per heavy atom. The predicted octanol–water partition coefficient (Wildman–Crippen LogP) is 1.51. The number of ether oxygens (including phenoxy) is 1. The molecule has 0 saturated carbocycles. The van der Waals surface area contributed by atoms with Crippen molar-refractivity contribution in [2.45, 2.75) is 32.9 Å². The molecule has 2 aromatic heterocycles. The highest BCUT2D eigenvalue weighted by molar-refractivity contribution is 6.06. The van der Waals surface area contributed by atoms with Crippen LogP contribution in [0.25, 0.3) is 0 Å². The molecule has 3 N–H and O–H groups in total. The molecule has 0 radical (unpaired) electrons. The number of aromatic nitrogens is 4. The van der Waals surface area contributed by atoms with Gasteiger partial charge >= 0.3 is 5.69 Å². The van der Waals surface area contributed by atoms with E-state index in [1.807, 2.05) is 24.7 Å². The number of unbranched alkanes of at least 4 members (excludes halogenated alkanes) is 1. The van der Waals surface area contributed by atoms with Crippen molar-refractivity contribution in [3.05, 3.63) is 68.9 Å². The molecule has 0 bridgehead atoms. The van der Waals surface area contributed by atoms with Gasteiger partial charge in [0.15, 0.2) is 5.69 Å². The highest BCUT2D eigenvalue weighted by atomic mass is 16.5. The summed E-state index contributed by atoms with van der Waals surface area (Å²) in [4.78, 5) is 45.0. The lowest BCUT2D eigenvalue weighted by molar-refractivity contribution is 0.0992. The Hall–Kier alpha value is -3.82. The molecule has 0 fully saturated rings. The third-order valence-electron chi connectivity index (χ3n) is 4.98. The Morgan fingerprint density at radius 3 is 2.58 bits per heavy atom. The van der Waals surface area contributed by atoms with Gasteiger partial charge in [0.2, 0.25) is 0 Å². The van der Waals surface area contributed by atoms with Crippen molar-refractivity contribution in [1.29, 1.82) is 0 Å². The highest BCUT2D eigenvalue weighted by Gasteiger charge is 2.22. The molecule has 0 saturated heterocycles. The van der Waals surface area contributed by atoms with Gasteiger partial charge in [-0.15, -0.1) is 0 Å². The number of benzene rings is 1. The van der Waals surface area contributed by atoms with Gasteiger partial charge in [0.05, 0.1) is 0 Å². The summed E-state index contributed by atoms with van der Waals surface area (Å²) < 4.78 is 8.83. The number of carbonyl (C=O) groups excluding carboxylic acids is 1. The summed E-state index contributed by atoms with van der Waals surface area (Å²) in [6.07, 6.45) is 5.08. The van der Waals surface area contributed by atoms with Crippen molar-refractivity contribution in [3.63, 3.8) is 0 Å². The minimum Gasteiger partial charge on any atom is -0.486 e. The average Bonchev–Trinajstić information content (AvgIpc) is 3.16. The van der Waals surface area contributed by atoms with Crippen LogP contribution in [-0.4, -0.2) is 32.1 Å². The summed E-state index contributed by atoms with van der Waals surface area (Å²) in [7, 11) is 3.32. The Balaban J connectivity index is 1.79. The number of nitrogens with zero attached hydrogens (tertiary/aromatic N) is 4. The first-order valence-electron chi connectivity index (χ1n) is 9.93. The van der Waals surface area contributed by atoms with Crippen molar-refractivity contribution in [2.24, 2.45) is 7.05 Å². The van der Waals surface area contributed by atoms with E-state index in [-0.39, 0.29) is 11.5 Å². The van der Waals surface area contributed by atoms with E-state index in [9.17, 15) is 14.4 Å². The van der Waals surface area contributed by atoms with Gasteiger partial charge in [-0.25, -0.2) is 9.78 Å². The molecule has 0 spiro atoms. The summed E-state index contributed by atoms with van der Waals surface area (Å²) in [5, 5.41) is 0. The van der Waals surface area contributed by atoms with Crippen LogP contribution in [-0.2, 0) is 20.2 Å². The van der Waals surface area contributed by atoms with Crippen molar-refractivity contribution >= 4 is 17.4 Å². The summed E-state index contributed by atoms with van der Waals surface area (Å²) in [5.41, 5.74) is 5.08. The number of nitrogens with two attached hydrogens (primary N) is 1. The fraction of sp³-hybridized carbons (Fsp3) is 0.333. The van der Waals surface area contributed by atoms with E-state index in [1.165, 1.54) is 11.6 Å². The normalized spacial score (nSPS) is 10.8. The number of anilines is 2. The van der Waals surface area contributed by atoms with E-state index in [2.05, 4.69) is 9.97 Å². The number of H-pyrrole nitrogens is 1. The SMILES string of the molecule is CCCCn1c(N)c(N(C)C(=O)c2ccc(OCc3nccn3C)cc2)c(=O)[nH]c1=O. The molecule has 1 amide bonds. The Labute approximate surface area is 178 Å². The van der Waals surface area contributed by atoms with Crippen LogP contribution in [0.3, 0.4) is 0 Å². The maximum atomic E-state index is 12.9. The van der Waals surface area contributed by atoms with E-state index in [0.29, 0.717) is 30.9 Å². The van der Waals surface area contributed by atoms with Gasteiger partial charge in [-0.05, 0) is 30.7 Å². The fourth-order valence-electron chi connectivity index (χ4n) is 3.11. The molecule has 1 aromatic carbocycles. The van der Waals surface area contributed by atoms with E-state index < -0.39 is 17.2 Å². The molecule has 2 heterocycles. The third kappa shape index (κ3) is 4.68. The number of carbonyl (C=O) groups is 1.